The lowest BCUT2D eigenvalue weighted by Crippen LogP contribution is -2.87. The summed E-state index contributed by atoms with van der Waals surface area (Å²) < 4.78 is 148. The Morgan fingerprint density at radius 2 is 0.615 bits per heavy atom. The zero-order chi connectivity index (χ0) is 21.4. The highest BCUT2D eigenvalue weighted by atomic mass is 19.4. The first kappa shape index (κ1) is 23.3. The van der Waals surface area contributed by atoms with E-state index in [1.165, 1.54) is 0 Å². The van der Waals surface area contributed by atoms with E-state index in [-0.39, 0.29) is 0 Å². The van der Waals surface area contributed by atoms with Gasteiger partial charge in [-0.15, -0.1) is 0 Å². The molecule has 1 aliphatic carbocycles. The number of rotatable bonds is 2. The van der Waals surface area contributed by atoms with Crippen molar-refractivity contribution >= 4 is 0 Å². The molecule has 0 spiro atoms. The molecule has 0 radical (unpaired) electrons. The fourth-order valence-corrected chi connectivity index (χ4v) is 2.34. The van der Waals surface area contributed by atoms with E-state index in [0.717, 1.165) is 41.5 Å². The van der Waals surface area contributed by atoms with Gasteiger partial charge in [-0.2, -0.15) is 43.9 Å². The number of hydrogen-bond acceptors (Lipinski definition) is 2. The van der Waals surface area contributed by atoms with Gasteiger partial charge in [-0.05, 0) is 41.5 Å². The van der Waals surface area contributed by atoms with Crippen LogP contribution >= 0.6 is 0 Å². The molecule has 26 heavy (non-hydrogen) atoms. The van der Waals surface area contributed by atoms with Gasteiger partial charge in [-0.1, -0.05) is 0 Å². The first-order valence-electron chi connectivity index (χ1n) is 7.21. The zero-order valence-corrected chi connectivity index (χ0v) is 14.6. The van der Waals surface area contributed by atoms with Gasteiger partial charge in [0.2, 0.25) is 0 Å². The summed E-state index contributed by atoms with van der Waals surface area (Å²) in [5.41, 5.74) is -4.37. The van der Waals surface area contributed by atoms with Gasteiger partial charge in [-0.25, -0.2) is 0 Å². The van der Waals surface area contributed by atoms with Crippen molar-refractivity contribution in [3.63, 3.8) is 0 Å². The van der Waals surface area contributed by atoms with Crippen molar-refractivity contribution in [2.24, 2.45) is 0 Å². The molecule has 0 saturated heterocycles. The lowest BCUT2D eigenvalue weighted by atomic mass is 9.76. The molecule has 0 heterocycles. The normalized spacial score (nSPS) is 28.6. The molecule has 1 rings (SSSR count). The second kappa shape index (κ2) is 5.39. The lowest BCUT2D eigenvalue weighted by molar-refractivity contribution is -0.560. The van der Waals surface area contributed by atoms with Crippen LogP contribution < -0.4 is 0 Å². The van der Waals surface area contributed by atoms with Crippen LogP contribution in [-0.4, -0.2) is 46.6 Å². The van der Waals surface area contributed by atoms with Crippen molar-refractivity contribution in [1.82, 2.24) is 0 Å². The number of alkyl halides is 10. The van der Waals surface area contributed by atoms with E-state index in [0.29, 0.717) is 0 Å². The summed E-state index contributed by atoms with van der Waals surface area (Å²) in [4.78, 5) is 0. The Morgan fingerprint density at radius 1 is 0.423 bits per heavy atom. The zero-order valence-electron chi connectivity index (χ0n) is 14.6. The molecule has 0 aromatic rings. The molecule has 0 atom stereocenters. The lowest BCUT2D eigenvalue weighted by Gasteiger charge is -2.57. The third kappa shape index (κ3) is 2.70. The van der Waals surface area contributed by atoms with E-state index in [1.54, 1.807) is 0 Å². The van der Waals surface area contributed by atoms with Crippen LogP contribution in [0.1, 0.15) is 41.5 Å². The van der Waals surface area contributed by atoms with Gasteiger partial charge in [0.05, 0.1) is 11.2 Å². The number of hydrogen-bond donors (Lipinski definition) is 0. The molecule has 1 saturated carbocycles. The SMILES string of the molecule is CC(C)(C)OC1(OC(C)(C)C)C(F)(F)C(F)(F)C(F)(F)C(F)(F)C1(F)F. The minimum Gasteiger partial charge on any atom is -0.334 e. The van der Waals surface area contributed by atoms with E-state index in [9.17, 15) is 43.9 Å². The van der Waals surface area contributed by atoms with E-state index in [2.05, 4.69) is 9.47 Å². The quantitative estimate of drug-likeness (QED) is 0.444. The molecule has 0 bridgehead atoms. The van der Waals surface area contributed by atoms with Crippen molar-refractivity contribution in [1.29, 1.82) is 0 Å². The molecular formula is C14H18F10O2. The molecule has 0 aromatic heterocycles. The van der Waals surface area contributed by atoms with E-state index in [1.807, 2.05) is 0 Å². The third-order valence-corrected chi connectivity index (χ3v) is 3.30. The van der Waals surface area contributed by atoms with Crippen molar-refractivity contribution in [2.45, 2.75) is 88.1 Å². The fourth-order valence-electron chi connectivity index (χ4n) is 2.34. The summed E-state index contributed by atoms with van der Waals surface area (Å²) >= 11 is 0. The second-order valence-electron chi connectivity index (χ2n) is 7.92. The van der Waals surface area contributed by atoms with E-state index < -0.39 is 46.6 Å². The molecule has 156 valence electrons. The minimum absolute atomic E-state index is 0.802. The van der Waals surface area contributed by atoms with Gasteiger partial charge < -0.3 is 9.47 Å². The average Bonchev–Trinajstić information content (AvgIpc) is 2.31. The summed E-state index contributed by atoms with van der Waals surface area (Å²) in [6, 6.07) is 0. The van der Waals surface area contributed by atoms with Gasteiger partial charge in [0.1, 0.15) is 0 Å². The van der Waals surface area contributed by atoms with Crippen LogP contribution in [0.5, 0.6) is 0 Å². The minimum atomic E-state index is -7.08. The second-order valence-corrected chi connectivity index (χ2v) is 7.92. The summed E-state index contributed by atoms with van der Waals surface area (Å²) in [7, 11) is 0. The predicted octanol–water partition coefficient (Wildman–Crippen LogP) is 5.50. The third-order valence-electron chi connectivity index (χ3n) is 3.30. The van der Waals surface area contributed by atoms with E-state index in [4.69, 9.17) is 0 Å². The Kier molecular flexibility index (Phi) is 4.82. The average molecular weight is 408 g/mol. The highest BCUT2D eigenvalue weighted by Crippen LogP contribution is 2.70. The van der Waals surface area contributed by atoms with Crippen LogP contribution in [0.2, 0.25) is 0 Å². The molecule has 0 unspecified atom stereocenters. The first-order chi connectivity index (χ1) is 10.9. The Morgan fingerprint density at radius 3 is 0.808 bits per heavy atom. The monoisotopic (exact) mass is 408 g/mol. The molecule has 1 aliphatic rings. The summed E-state index contributed by atoms with van der Waals surface area (Å²) in [6.45, 7) is 4.81. The molecule has 0 aromatic carbocycles. The van der Waals surface area contributed by atoms with Crippen LogP contribution in [0.25, 0.3) is 0 Å². The van der Waals surface area contributed by atoms with Crippen LogP contribution in [0, 0.1) is 0 Å². The summed E-state index contributed by atoms with van der Waals surface area (Å²) in [5, 5.41) is 0. The fraction of sp³-hybridized carbons (Fsp3) is 1.00. The highest BCUT2D eigenvalue weighted by Gasteiger charge is 3.02. The van der Waals surface area contributed by atoms with Crippen molar-refractivity contribution < 1.29 is 53.4 Å². The maximum Gasteiger partial charge on any atom is 0.384 e. The molecule has 12 heteroatoms. The largest absolute Gasteiger partial charge is 0.384 e. The van der Waals surface area contributed by atoms with Gasteiger partial charge in [0, 0.05) is 0 Å². The maximum absolute atomic E-state index is 14.4. The predicted molar refractivity (Wildman–Crippen MR) is 69.1 cm³/mol. The van der Waals surface area contributed by atoms with Gasteiger partial charge in [-0.3, -0.25) is 0 Å². The number of halogens is 10. The van der Waals surface area contributed by atoms with Crippen molar-refractivity contribution in [3.05, 3.63) is 0 Å². The Labute approximate surface area is 142 Å². The standard InChI is InChI=1S/C14H18F10O2/c1-7(2,3)25-14(26-8(4,5)6)12(21,22)10(17,18)9(15,16)11(19,20)13(14,23)24/h1-6H3. The summed E-state index contributed by atoms with van der Waals surface area (Å²) in [6.07, 6.45) is 0. The Balaban J connectivity index is 4.00. The van der Waals surface area contributed by atoms with Crippen LogP contribution in [0.4, 0.5) is 43.9 Å². The molecule has 0 amide bonds. The van der Waals surface area contributed by atoms with E-state index >= 15 is 0 Å². The maximum atomic E-state index is 14.4. The van der Waals surface area contributed by atoms with Gasteiger partial charge in [0.25, 0.3) is 0 Å². The Bertz CT molecular complexity index is 509. The van der Waals surface area contributed by atoms with Crippen LogP contribution in [0.15, 0.2) is 0 Å². The Hall–Kier alpha value is -0.780. The van der Waals surface area contributed by atoms with Crippen molar-refractivity contribution in [3.8, 4) is 0 Å². The first-order valence-corrected chi connectivity index (χ1v) is 7.21. The molecule has 0 N–H and O–H groups in total. The molecule has 2 nitrogen and oxygen atoms in total. The van der Waals surface area contributed by atoms with Gasteiger partial charge in [0.15, 0.2) is 0 Å². The van der Waals surface area contributed by atoms with Crippen LogP contribution in [0.3, 0.4) is 0 Å². The smallest absolute Gasteiger partial charge is 0.334 e. The molecular weight excluding hydrogens is 390 g/mol. The molecule has 0 aliphatic heterocycles. The topological polar surface area (TPSA) is 18.5 Å². The number of ether oxygens (including phenoxy) is 2. The molecule has 1 fully saturated rings. The summed E-state index contributed by atoms with van der Waals surface area (Å²) in [5.74, 6) is -39.4. The van der Waals surface area contributed by atoms with Crippen LogP contribution in [-0.2, 0) is 9.47 Å². The van der Waals surface area contributed by atoms with Gasteiger partial charge >= 0.3 is 35.4 Å². The van der Waals surface area contributed by atoms with Crippen molar-refractivity contribution in [2.75, 3.05) is 0 Å². The highest BCUT2D eigenvalue weighted by molar-refractivity contribution is 5.24.